The Morgan fingerprint density at radius 1 is 1.13 bits per heavy atom. The van der Waals surface area contributed by atoms with Gasteiger partial charge in [-0.2, -0.15) is 0 Å². The van der Waals surface area contributed by atoms with Gasteiger partial charge in [-0.25, -0.2) is 0 Å². The molecule has 0 saturated carbocycles. The third-order valence-corrected chi connectivity index (χ3v) is 2.74. The minimum atomic E-state index is 0.926. The van der Waals surface area contributed by atoms with Crippen LogP contribution in [0.4, 0.5) is 5.82 Å². The van der Waals surface area contributed by atoms with Gasteiger partial charge in [-0.3, -0.25) is 0 Å². The van der Waals surface area contributed by atoms with Crippen molar-refractivity contribution in [3.8, 4) is 0 Å². The average molecular weight is 226 g/mol. The SMILES string of the molecule is CSc1ccc(N(C)CCN(C)C)nn1. The van der Waals surface area contributed by atoms with Crippen molar-refractivity contribution in [2.75, 3.05) is 45.4 Å². The minimum Gasteiger partial charge on any atom is -0.357 e. The van der Waals surface area contributed by atoms with E-state index in [0.29, 0.717) is 0 Å². The van der Waals surface area contributed by atoms with Gasteiger partial charge in [-0.15, -0.1) is 22.0 Å². The molecule has 0 radical (unpaired) electrons. The first-order valence-electron chi connectivity index (χ1n) is 4.87. The highest BCUT2D eigenvalue weighted by Gasteiger charge is 2.03. The zero-order valence-electron chi connectivity index (χ0n) is 9.77. The van der Waals surface area contributed by atoms with E-state index in [1.165, 1.54) is 0 Å². The average Bonchev–Trinajstić information content (AvgIpc) is 2.26. The van der Waals surface area contributed by atoms with Crippen LogP contribution in [0.5, 0.6) is 0 Å². The fourth-order valence-corrected chi connectivity index (χ4v) is 1.42. The van der Waals surface area contributed by atoms with Gasteiger partial charge in [0.2, 0.25) is 0 Å². The Hall–Kier alpha value is -0.810. The maximum absolute atomic E-state index is 4.16. The third-order valence-electron chi connectivity index (χ3n) is 2.11. The Kier molecular flexibility index (Phi) is 4.84. The van der Waals surface area contributed by atoms with Crippen LogP contribution >= 0.6 is 11.8 Å². The second-order valence-corrected chi connectivity index (χ2v) is 4.49. The van der Waals surface area contributed by atoms with Crippen molar-refractivity contribution in [1.29, 1.82) is 0 Å². The van der Waals surface area contributed by atoms with Crippen molar-refractivity contribution in [3.63, 3.8) is 0 Å². The van der Waals surface area contributed by atoms with Crippen molar-refractivity contribution in [3.05, 3.63) is 12.1 Å². The molecule has 1 heterocycles. The molecule has 5 heteroatoms. The van der Waals surface area contributed by atoms with Crippen LogP contribution in [0.3, 0.4) is 0 Å². The maximum Gasteiger partial charge on any atom is 0.151 e. The highest BCUT2D eigenvalue weighted by atomic mass is 32.2. The molecule has 1 aromatic heterocycles. The molecule has 0 bridgehead atoms. The summed E-state index contributed by atoms with van der Waals surface area (Å²) in [6.07, 6.45) is 2.00. The summed E-state index contributed by atoms with van der Waals surface area (Å²) in [5, 5.41) is 9.23. The minimum absolute atomic E-state index is 0.926. The molecule has 0 aromatic carbocycles. The van der Waals surface area contributed by atoms with Gasteiger partial charge in [0, 0.05) is 20.1 Å². The Balaban J connectivity index is 2.54. The molecule has 1 rings (SSSR count). The van der Waals surface area contributed by atoms with Gasteiger partial charge in [0.15, 0.2) is 5.82 Å². The third kappa shape index (κ3) is 4.05. The summed E-state index contributed by atoms with van der Waals surface area (Å²) in [6.45, 7) is 1.97. The fourth-order valence-electron chi connectivity index (χ4n) is 1.09. The van der Waals surface area contributed by atoms with E-state index in [4.69, 9.17) is 0 Å². The Morgan fingerprint density at radius 2 is 1.87 bits per heavy atom. The van der Waals surface area contributed by atoms with Crippen LogP contribution in [-0.4, -0.2) is 55.6 Å². The first-order valence-corrected chi connectivity index (χ1v) is 6.09. The molecule has 4 nitrogen and oxygen atoms in total. The monoisotopic (exact) mass is 226 g/mol. The number of nitrogens with zero attached hydrogens (tertiary/aromatic N) is 4. The molecule has 0 aliphatic carbocycles. The second-order valence-electron chi connectivity index (χ2n) is 3.66. The maximum atomic E-state index is 4.16. The number of anilines is 1. The summed E-state index contributed by atoms with van der Waals surface area (Å²) in [6, 6.07) is 4.01. The number of likely N-dealkylation sites (N-methyl/N-ethyl adjacent to an activating group) is 2. The van der Waals surface area contributed by atoms with Crippen LogP contribution in [0.2, 0.25) is 0 Å². The van der Waals surface area contributed by atoms with E-state index in [1.54, 1.807) is 11.8 Å². The van der Waals surface area contributed by atoms with Crippen LogP contribution in [0, 0.1) is 0 Å². The Bertz CT molecular complexity index is 286. The number of aromatic nitrogens is 2. The van der Waals surface area contributed by atoms with E-state index in [2.05, 4.69) is 34.1 Å². The number of rotatable bonds is 5. The van der Waals surface area contributed by atoms with Crippen molar-refractivity contribution in [2.45, 2.75) is 5.03 Å². The van der Waals surface area contributed by atoms with Crippen LogP contribution in [0.1, 0.15) is 0 Å². The molecule has 0 N–H and O–H groups in total. The molecule has 0 fully saturated rings. The van der Waals surface area contributed by atoms with Crippen molar-refractivity contribution < 1.29 is 0 Å². The van der Waals surface area contributed by atoms with Crippen molar-refractivity contribution in [2.24, 2.45) is 0 Å². The smallest absolute Gasteiger partial charge is 0.151 e. The van der Waals surface area contributed by atoms with Crippen LogP contribution in [0.15, 0.2) is 17.2 Å². The summed E-state index contributed by atoms with van der Waals surface area (Å²) in [4.78, 5) is 4.26. The van der Waals surface area contributed by atoms with Crippen molar-refractivity contribution >= 4 is 17.6 Å². The molecule has 15 heavy (non-hydrogen) atoms. The zero-order valence-corrected chi connectivity index (χ0v) is 10.6. The van der Waals surface area contributed by atoms with Gasteiger partial charge < -0.3 is 9.80 Å². The van der Waals surface area contributed by atoms with Gasteiger partial charge in [-0.1, -0.05) is 0 Å². The van der Waals surface area contributed by atoms with Crippen molar-refractivity contribution in [1.82, 2.24) is 15.1 Å². The molecule has 0 spiro atoms. The Labute approximate surface area is 95.7 Å². The normalized spacial score (nSPS) is 10.7. The summed E-state index contributed by atoms with van der Waals surface area (Å²) >= 11 is 1.61. The lowest BCUT2D eigenvalue weighted by atomic mass is 10.4. The number of hydrogen-bond donors (Lipinski definition) is 0. The van der Waals surface area contributed by atoms with Crippen LogP contribution in [0.25, 0.3) is 0 Å². The standard InChI is InChI=1S/C10H18N4S/c1-13(2)7-8-14(3)9-5-6-10(15-4)12-11-9/h5-6H,7-8H2,1-4H3. The van der Waals surface area contributed by atoms with E-state index < -0.39 is 0 Å². The summed E-state index contributed by atoms with van der Waals surface area (Å²) in [5.74, 6) is 0.926. The van der Waals surface area contributed by atoms with Gasteiger partial charge in [-0.05, 0) is 32.5 Å². The Morgan fingerprint density at radius 3 is 2.33 bits per heavy atom. The second kappa shape index (κ2) is 5.92. The number of thioether (sulfide) groups is 1. The lowest BCUT2D eigenvalue weighted by Gasteiger charge is -2.19. The van der Waals surface area contributed by atoms with Crippen LogP contribution < -0.4 is 4.90 Å². The largest absolute Gasteiger partial charge is 0.357 e. The summed E-state index contributed by atoms with van der Waals surface area (Å²) in [7, 11) is 6.17. The lowest BCUT2D eigenvalue weighted by molar-refractivity contribution is 0.416. The van der Waals surface area contributed by atoms with Gasteiger partial charge in [0.1, 0.15) is 5.03 Å². The first kappa shape index (κ1) is 12.3. The topological polar surface area (TPSA) is 32.3 Å². The molecule has 0 amide bonds. The highest BCUT2D eigenvalue weighted by molar-refractivity contribution is 7.98. The van der Waals surface area contributed by atoms with E-state index in [9.17, 15) is 0 Å². The molecule has 1 aromatic rings. The zero-order chi connectivity index (χ0) is 11.3. The molecular weight excluding hydrogens is 208 g/mol. The van der Waals surface area contributed by atoms with Gasteiger partial charge in [0.25, 0.3) is 0 Å². The van der Waals surface area contributed by atoms with Gasteiger partial charge >= 0.3 is 0 Å². The summed E-state index contributed by atoms with van der Waals surface area (Å²) in [5.41, 5.74) is 0. The molecular formula is C10H18N4S. The predicted octanol–water partition coefficient (Wildman–Crippen LogP) is 1.20. The molecule has 0 aliphatic heterocycles. The molecule has 0 saturated heterocycles. The fraction of sp³-hybridized carbons (Fsp3) is 0.600. The first-order chi connectivity index (χ1) is 7.13. The molecule has 84 valence electrons. The van der Waals surface area contributed by atoms with E-state index in [-0.39, 0.29) is 0 Å². The molecule has 0 aliphatic rings. The predicted molar refractivity (Wildman–Crippen MR) is 65.6 cm³/mol. The molecule has 0 unspecified atom stereocenters. The lowest BCUT2D eigenvalue weighted by Crippen LogP contribution is -2.29. The van der Waals surface area contributed by atoms with E-state index in [1.807, 2.05) is 25.4 Å². The van der Waals surface area contributed by atoms with E-state index in [0.717, 1.165) is 23.9 Å². The molecule has 0 atom stereocenters. The van der Waals surface area contributed by atoms with E-state index >= 15 is 0 Å². The quantitative estimate of drug-likeness (QED) is 0.704. The highest BCUT2D eigenvalue weighted by Crippen LogP contribution is 2.13. The summed E-state index contributed by atoms with van der Waals surface area (Å²) < 4.78 is 0. The van der Waals surface area contributed by atoms with Gasteiger partial charge in [0.05, 0.1) is 0 Å². The number of hydrogen-bond acceptors (Lipinski definition) is 5. The van der Waals surface area contributed by atoms with Crippen LogP contribution in [-0.2, 0) is 0 Å².